The molecule has 3 aliphatic rings. The predicted molar refractivity (Wildman–Crippen MR) is 152 cm³/mol. The van der Waals surface area contributed by atoms with E-state index < -0.39 is 6.09 Å². The van der Waals surface area contributed by atoms with Crippen LogP contribution in [0.1, 0.15) is 44.5 Å². The summed E-state index contributed by atoms with van der Waals surface area (Å²) in [5, 5.41) is 12.7. The lowest BCUT2D eigenvalue weighted by Gasteiger charge is -2.46. The third-order valence-corrected chi connectivity index (χ3v) is 8.64. The molecule has 0 radical (unpaired) electrons. The summed E-state index contributed by atoms with van der Waals surface area (Å²) in [5.74, 6) is -0.393. The molecule has 0 bridgehead atoms. The van der Waals surface area contributed by atoms with Crippen molar-refractivity contribution < 1.29 is 23.9 Å². The lowest BCUT2D eigenvalue weighted by Crippen LogP contribution is -2.65. The van der Waals surface area contributed by atoms with Crippen molar-refractivity contribution in [3.05, 3.63) is 59.2 Å². The van der Waals surface area contributed by atoms with Gasteiger partial charge in [-0.3, -0.25) is 24.4 Å². The highest BCUT2D eigenvalue weighted by Gasteiger charge is 2.42. The normalized spacial score (nSPS) is 24.7. The van der Waals surface area contributed by atoms with Crippen molar-refractivity contribution in [2.24, 2.45) is 0 Å². The highest BCUT2D eigenvalue weighted by Crippen LogP contribution is 2.40. The number of hydrogen-bond acceptors (Lipinski definition) is 6. The fourth-order valence-electron chi connectivity index (χ4n) is 6.29. The second-order valence-electron chi connectivity index (χ2n) is 12.2. The Bertz CT molecular complexity index is 1320. The Balaban J connectivity index is 1.36. The summed E-state index contributed by atoms with van der Waals surface area (Å²) in [4.78, 5) is 50.3. The minimum absolute atomic E-state index is 0.0435. The zero-order valence-corrected chi connectivity index (χ0v) is 24.1. The largest absolute Gasteiger partial charge is 0.465 e. The van der Waals surface area contributed by atoms with E-state index >= 15 is 0 Å². The van der Waals surface area contributed by atoms with Gasteiger partial charge in [0.2, 0.25) is 11.8 Å². The van der Waals surface area contributed by atoms with Crippen LogP contribution >= 0.6 is 0 Å². The van der Waals surface area contributed by atoms with Crippen molar-refractivity contribution in [2.45, 2.75) is 57.7 Å². The zero-order valence-electron chi connectivity index (χ0n) is 24.1. The molecule has 0 saturated carbocycles. The molecule has 11 heteroatoms. The number of anilines is 1. The topological polar surface area (TPSA) is 109 Å². The summed E-state index contributed by atoms with van der Waals surface area (Å²) in [7, 11) is 0. The van der Waals surface area contributed by atoms with E-state index in [0.29, 0.717) is 39.1 Å². The van der Waals surface area contributed by atoms with Crippen LogP contribution in [0.5, 0.6) is 0 Å². The Morgan fingerprint density at radius 3 is 2.56 bits per heavy atom. The Morgan fingerprint density at radius 1 is 1.12 bits per heavy atom. The van der Waals surface area contributed by atoms with Crippen molar-refractivity contribution in [3.8, 4) is 0 Å². The molecule has 1 aromatic heterocycles. The van der Waals surface area contributed by atoms with Crippen LogP contribution in [-0.2, 0) is 21.4 Å². The van der Waals surface area contributed by atoms with E-state index in [9.17, 15) is 23.9 Å². The number of nitrogens with zero attached hydrogens (tertiary/aromatic N) is 5. The zero-order chi connectivity index (χ0) is 29.5. The van der Waals surface area contributed by atoms with Gasteiger partial charge in [-0.1, -0.05) is 26.0 Å². The number of halogens is 1. The first-order valence-electron chi connectivity index (χ1n) is 14.2. The van der Waals surface area contributed by atoms with Gasteiger partial charge >= 0.3 is 6.09 Å². The maximum absolute atomic E-state index is 14.0. The molecule has 3 amide bonds. The van der Waals surface area contributed by atoms with Crippen molar-refractivity contribution in [2.75, 3.05) is 50.7 Å². The van der Waals surface area contributed by atoms with Crippen LogP contribution in [0.3, 0.4) is 0 Å². The molecule has 0 aliphatic carbocycles. The molecule has 1 aromatic carbocycles. The van der Waals surface area contributed by atoms with Gasteiger partial charge in [-0.15, -0.1) is 0 Å². The van der Waals surface area contributed by atoms with E-state index in [-0.39, 0.29) is 54.3 Å². The molecular weight excluding hydrogens is 527 g/mol. The maximum Gasteiger partial charge on any atom is 0.407 e. The van der Waals surface area contributed by atoms with Gasteiger partial charge in [-0.2, -0.15) is 0 Å². The summed E-state index contributed by atoms with van der Waals surface area (Å²) in [5.41, 5.74) is 3.21. The molecule has 0 unspecified atom stereocenters. The smallest absolute Gasteiger partial charge is 0.407 e. The van der Waals surface area contributed by atoms with Gasteiger partial charge in [0.15, 0.2) is 0 Å². The molecule has 2 aromatic rings. The predicted octanol–water partition coefficient (Wildman–Crippen LogP) is 2.31. The highest BCUT2D eigenvalue weighted by atomic mass is 19.1. The van der Waals surface area contributed by atoms with E-state index in [1.807, 2.05) is 26.1 Å². The number of aromatic nitrogens is 1. The standard InChI is InChI=1S/C30H39FN6O4/c1-19-14-35(24(16-36(19)29(40)41)15-34-10-9-32-28(39)20(34)2)17-26(38)37-18-30(3,4)27-25(37)12-22(13-33-27)11-21-5-7-23(31)8-6-21/h5-8,12-13,19-20,24H,9-11,14-18H2,1-4H3,(H,32,39)(H,40,41)/t19-,20-,24+/m1/s1. The molecule has 2 N–H and O–H groups in total. The van der Waals surface area contributed by atoms with Crippen LogP contribution in [0.25, 0.3) is 0 Å². The first-order valence-corrected chi connectivity index (χ1v) is 14.2. The average molecular weight is 567 g/mol. The van der Waals surface area contributed by atoms with Crippen LogP contribution in [0.15, 0.2) is 36.5 Å². The number of pyridine rings is 1. The molecule has 10 nitrogen and oxygen atoms in total. The third-order valence-electron chi connectivity index (χ3n) is 8.64. The number of rotatable bonds is 6. The number of fused-ring (bicyclic) bond motifs is 1. The van der Waals surface area contributed by atoms with Gasteiger partial charge in [0.25, 0.3) is 0 Å². The number of benzene rings is 1. The molecular formula is C30H39FN6O4. The van der Waals surface area contributed by atoms with E-state index in [0.717, 1.165) is 22.5 Å². The number of carbonyl (C=O) groups is 3. The van der Waals surface area contributed by atoms with Crippen molar-refractivity contribution >= 4 is 23.6 Å². The molecule has 2 saturated heterocycles. The Hall–Kier alpha value is -3.57. The summed E-state index contributed by atoms with van der Waals surface area (Å²) in [6, 6.07) is 7.55. The first kappa shape index (κ1) is 28.9. The summed E-state index contributed by atoms with van der Waals surface area (Å²) in [6.07, 6.45) is 1.42. The minimum Gasteiger partial charge on any atom is -0.465 e. The molecule has 3 atom stereocenters. The second kappa shape index (κ2) is 11.4. The summed E-state index contributed by atoms with van der Waals surface area (Å²) < 4.78 is 13.4. The number of hydrogen-bond donors (Lipinski definition) is 2. The van der Waals surface area contributed by atoms with Crippen LogP contribution in [0.4, 0.5) is 14.9 Å². The van der Waals surface area contributed by atoms with Gasteiger partial charge in [-0.25, -0.2) is 9.18 Å². The molecule has 0 spiro atoms. The van der Waals surface area contributed by atoms with Crippen molar-refractivity contribution in [3.63, 3.8) is 0 Å². The Labute approximate surface area is 240 Å². The highest BCUT2D eigenvalue weighted by molar-refractivity contribution is 5.97. The van der Waals surface area contributed by atoms with Crippen LogP contribution in [0.2, 0.25) is 0 Å². The SMILES string of the molecule is C[C@@H]1C(=O)NCCN1C[C@H]1CN(C(=O)O)[C@H](C)CN1CC(=O)N1CC(C)(C)c2ncc(Cc3ccc(F)cc3)cc21. The molecule has 220 valence electrons. The minimum atomic E-state index is -0.979. The second-order valence-corrected chi connectivity index (χ2v) is 12.2. The number of nitrogens with one attached hydrogen (secondary N) is 1. The van der Waals surface area contributed by atoms with Crippen LogP contribution in [-0.4, -0.2) is 107 Å². The summed E-state index contributed by atoms with van der Waals surface area (Å²) >= 11 is 0. The van der Waals surface area contributed by atoms with Gasteiger partial charge in [0.1, 0.15) is 5.82 Å². The van der Waals surface area contributed by atoms with E-state index in [4.69, 9.17) is 4.98 Å². The van der Waals surface area contributed by atoms with Gasteiger partial charge < -0.3 is 20.2 Å². The molecule has 41 heavy (non-hydrogen) atoms. The fraction of sp³-hybridized carbons (Fsp3) is 0.533. The van der Waals surface area contributed by atoms with E-state index in [1.54, 1.807) is 17.0 Å². The maximum atomic E-state index is 14.0. The third kappa shape index (κ3) is 6.06. The Kier molecular flexibility index (Phi) is 8.02. The van der Waals surface area contributed by atoms with Crippen molar-refractivity contribution in [1.29, 1.82) is 0 Å². The Morgan fingerprint density at radius 2 is 1.85 bits per heavy atom. The number of piperazine rings is 2. The monoisotopic (exact) mass is 566 g/mol. The van der Waals surface area contributed by atoms with Crippen molar-refractivity contribution in [1.82, 2.24) is 25.0 Å². The van der Waals surface area contributed by atoms with Crippen LogP contribution < -0.4 is 10.2 Å². The number of amides is 3. The average Bonchev–Trinajstić information content (AvgIpc) is 3.19. The lowest BCUT2D eigenvalue weighted by atomic mass is 9.91. The van der Waals surface area contributed by atoms with Gasteiger partial charge in [0, 0.05) is 63.0 Å². The van der Waals surface area contributed by atoms with E-state index in [1.165, 1.54) is 17.0 Å². The quantitative estimate of drug-likeness (QED) is 0.552. The van der Waals surface area contributed by atoms with Gasteiger partial charge in [-0.05, 0) is 49.6 Å². The van der Waals surface area contributed by atoms with Crippen LogP contribution in [0, 0.1) is 5.82 Å². The first-order chi connectivity index (χ1) is 19.4. The number of carbonyl (C=O) groups excluding carboxylic acids is 2. The van der Waals surface area contributed by atoms with E-state index in [2.05, 4.69) is 29.0 Å². The molecule has 2 fully saturated rings. The molecule has 5 rings (SSSR count). The fourth-order valence-corrected chi connectivity index (χ4v) is 6.29. The molecule has 4 heterocycles. The van der Waals surface area contributed by atoms with Gasteiger partial charge in [0.05, 0.1) is 24.0 Å². The summed E-state index contributed by atoms with van der Waals surface area (Å²) in [6.45, 7) is 10.9. The lowest BCUT2D eigenvalue weighted by molar-refractivity contribution is -0.129. The molecule has 3 aliphatic heterocycles. The number of carboxylic acid groups (broad SMARTS) is 1.